The predicted molar refractivity (Wildman–Crippen MR) is 63.9 cm³/mol. The maximum absolute atomic E-state index is 11.6. The molecule has 7 heteroatoms. The third-order valence-electron chi connectivity index (χ3n) is 2.79. The van der Waals surface area contributed by atoms with Gasteiger partial charge in [0.05, 0.1) is 18.1 Å². The van der Waals surface area contributed by atoms with Gasteiger partial charge in [-0.15, -0.1) is 0 Å². The Morgan fingerprint density at radius 2 is 2.41 bits per heavy atom. The molecular formula is C10H15N3O3S. The molecule has 0 spiro atoms. The zero-order valence-corrected chi connectivity index (χ0v) is 10.4. The molecule has 1 saturated heterocycles. The standard InChI is InChI=1S/C10H15N3O3S/c1-16-9-4-5-11-10(13-9)12-7-8-3-2-6-17(8,14)15/h4-5,8H,2-3,6-7H2,1H3,(H,11,12,13). The lowest BCUT2D eigenvalue weighted by Gasteiger charge is -2.10. The molecule has 6 nitrogen and oxygen atoms in total. The summed E-state index contributed by atoms with van der Waals surface area (Å²) in [7, 11) is -1.40. The Morgan fingerprint density at radius 1 is 1.59 bits per heavy atom. The van der Waals surface area contributed by atoms with Crippen molar-refractivity contribution in [2.75, 3.05) is 24.7 Å². The summed E-state index contributed by atoms with van der Waals surface area (Å²) < 4.78 is 28.2. The topological polar surface area (TPSA) is 81.2 Å². The van der Waals surface area contributed by atoms with Crippen LogP contribution in [0.4, 0.5) is 5.95 Å². The van der Waals surface area contributed by atoms with Crippen LogP contribution in [0.2, 0.25) is 0 Å². The number of methoxy groups -OCH3 is 1. The van der Waals surface area contributed by atoms with Gasteiger partial charge in [0.1, 0.15) is 0 Å². The maximum atomic E-state index is 11.6. The molecular weight excluding hydrogens is 242 g/mol. The van der Waals surface area contributed by atoms with Crippen molar-refractivity contribution < 1.29 is 13.2 Å². The molecule has 1 aliphatic heterocycles. The molecule has 1 aromatic heterocycles. The third kappa shape index (κ3) is 2.85. The van der Waals surface area contributed by atoms with Crippen LogP contribution < -0.4 is 10.1 Å². The number of hydrogen-bond acceptors (Lipinski definition) is 6. The second-order valence-electron chi connectivity index (χ2n) is 3.93. The van der Waals surface area contributed by atoms with Crippen molar-refractivity contribution in [3.05, 3.63) is 12.3 Å². The first-order valence-electron chi connectivity index (χ1n) is 5.44. The van der Waals surface area contributed by atoms with Gasteiger partial charge >= 0.3 is 0 Å². The molecule has 1 aromatic rings. The molecule has 0 saturated carbocycles. The first kappa shape index (κ1) is 12.1. The number of nitrogens with zero attached hydrogens (tertiary/aromatic N) is 2. The fraction of sp³-hybridized carbons (Fsp3) is 0.600. The van der Waals surface area contributed by atoms with Crippen LogP contribution in [0.1, 0.15) is 12.8 Å². The number of nitrogens with one attached hydrogen (secondary N) is 1. The highest BCUT2D eigenvalue weighted by Gasteiger charge is 2.30. The Kier molecular flexibility index (Phi) is 3.46. The SMILES string of the molecule is COc1ccnc(NCC2CCCS2(=O)=O)n1. The number of anilines is 1. The Hall–Kier alpha value is -1.37. The molecule has 0 bridgehead atoms. The van der Waals surface area contributed by atoms with Gasteiger partial charge in [-0.05, 0) is 12.8 Å². The highest BCUT2D eigenvalue weighted by Crippen LogP contribution is 2.20. The Balaban J connectivity index is 1.98. The fourth-order valence-electron chi connectivity index (χ4n) is 1.83. The molecule has 0 aromatic carbocycles. The van der Waals surface area contributed by atoms with Crippen LogP contribution >= 0.6 is 0 Å². The van der Waals surface area contributed by atoms with Crippen LogP contribution in [0, 0.1) is 0 Å². The Morgan fingerprint density at radius 3 is 3.06 bits per heavy atom. The average Bonchev–Trinajstić information content (AvgIpc) is 2.66. The maximum Gasteiger partial charge on any atom is 0.225 e. The molecule has 2 heterocycles. The second-order valence-corrected chi connectivity index (χ2v) is 6.34. The van der Waals surface area contributed by atoms with Crippen molar-refractivity contribution in [3.8, 4) is 5.88 Å². The van der Waals surface area contributed by atoms with E-state index in [0.29, 0.717) is 24.8 Å². The molecule has 1 unspecified atom stereocenters. The van der Waals surface area contributed by atoms with Gasteiger partial charge in [0.15, 0.2) is 9.84 Å². The van der Waals surface area contributed by atoms with Crippen LogP contribution in [0.25, 0.3) is 0 Å². The first-order chi connectivity index (χ1) is 8.12. The number of sulfone groups is 1. The van der Waals surface area contributed by atoms with Crippen molar-refractivity contribution in [2.24, 2.45) is 0 Å². The van der Waals surface area contributed by atoms with E-state index in [2.05, 4.69) is 15.3 Å². The summed E-state index contributed by atoms with van der Waals surface area (Å²) in [6, 6.07) is 1.64. The smallest absolute Gasteiger partial charge is 0.225 e. The van der Waals surface area contributed by atoms with Crippen LogP contribution in [0.5, 0.6) is 5.88 Å². The molecule has 1 aliphatic rings. The summed E-state index contributed by atoms with van der Waals surface area (Å²) in [5.74, 6) is 1.14. The minimum absolute atomic E-state index is 0.290. The van der Waals surface area contributed by atoms with Gasteiger partial charge in [-0.25, -0.2) is 13.4 Å². The lowest BCUT2D eigenvalue weighted by Crippen LogP contribution is -2.25. The highest BCUT2D eigenvalue weighted by atomic mass is 32.2. The predicted octanol–water partition coefficient (Wildman–Crippen LogP) is 0.474. The van der Waals surface area contributed by atoms with E-state index in [0.717, 1.165) is 6.42 Å². The van der Waals surface area contributed by atoms with E-state index < -0.39 is 9.84 Å². The van der Waals surface area contributed by atoms with Gasteiger partial charge in [0.2, 0.25) is 11.8 Å². The van der Waals surface area contributed by atoms with E-state index in [-0.39, 0.29) is 11.0 Å². The van der Waals surface area contributed by atoms with Gasteiger partial charge in [0, 0.05) is 18.8 Å². The van der Waals surface area contributed by atoms with E-state index in [4.69, 9.17) is 4.74 Å². The summed E-state index contributed by atoms with van der Waals surface area (Å²) >= 11 is 0. The van der Waals surface area contributed by atoms with E-state index >= 15 is 0 Å². The van der Waals surface area contributed by atoms with Crippen molar-refractivity contribution in [3.63, 3.8) is 0 Å². The number of ether oxygens (including phenoxy) is 1. The molecule has 2 rings (SSSR count). The average molecular weight is 257 g/mol. The van der Waals surface area contributed by atoms with Gasteiger partial charge in [-0.2, -0.15) is 4.98 Å². The van der Waals surface area contributed by atoms with Crippen molar-refractivity contribution in [1.29, 1.82) is 0 Å². The first-order valence-corrected chi connectivity index (χ1v) is 7.16. The molecule has 0 amide bonds. The van der Waals surface area contributed by atoms with Crippen LogP contribution in [-0.4, -0.2) is 43.0 Å². The van der Waals surface area contributed by atoms with Gasteiger partial charge < -0.3 is 10.1 Å². The summed E-state index contributed by atoms with van der Waals surface area (Å²) in [5, 5.41) is 2.61. The summed E-state index contributed by atoms with van der Waals surface area (Å²) in [6.07, 6.45) is 3.02. The van der Waals surface area contributed by atoms with Crippen molar-refractivity contribution >= 4 is 15.8 Å². The summed E-state index contributed by atoms with van der Waals surface area (Å²) in [6.45, 7) is 0.357. The van der Waals surface area contributed by atoms with Gasteiger partial charge in [0.25, 0.3) is 0 Å². The minimum Gasteiger partial charge on any atom is -0.481 e. The number of hydrogen-bond donors (Lipinski definition) is 1. The lowest BCUT2D eigenvalue weighted by molar-refractivity contribution is 0.397. The quantitative estimate of drug-likeness (QED) is 0.844. The Bertz CT molecular complexity index is 489. The highest BCUT2D eigenvalue weighted by molar-refractivity contribution is 7.92. The molecule has 1 atom stereocenters. The van der Waals surface area contributed by atoms with Crippen molar-refractivity contribution in [2.45, 2.75) is 18.1 Å². The molecule has 17 heavy (non-hydrogen) atoms. The number of rotatable bonds is 4. The monoisotopic (exact) mass is 257 g/mol. The zero-order valence-electron chi connectivity index (χ0n) is 9.59. The molecule has 0 aliphatic carbocycles. The second kappa shape index (κ2) is 4.87. The molecule has 1 N–H and O–H groups in total. The Labute approximate surface area is 100 Å². The largest absolute Gasteiger partial charge is 0.481 e. The fourth-order valence-corrected chi connectivity index (χ4v) is 3.60. The molecule has 94 valence electrons. The van der Waals surface area contributed by atoms with Crippen LogP contribution in [0.15, 0.2) is 12.3 Å². The van der Waals surface area contributed by atoms with Crippen molar-refractivity contribution in [1.82, 2.24) is 9.97 Å². The summed E-state index contributed by atoms with van der Waals surface area (Å²) in [5.41, 5.74) is 0. The number of aromatic nitrogens is 2. The van der Waals surface area contributed by atoms with E-state index in [1.165, 1.54) is 7.11 Å². The van der Waals surface area contributed by atoms with Gasteiger partial charge in [-0.1, -0.05) is 0 Å². The van der Waals surface area contributed by atoms with Gasteiger partial charge in [-0.3, -0.25) is 0 Å². The normalized spacial score (nSPS) is 22.3. The molecule has 1 fully saturated rings. The minimum atomic E-state index is -2.92. The zero-order chi connectivity index (χ0) is 12.3. The van der Waals surface area contributed by atoms with E-state index in [1.54, 1.807) is 12.3 Å². The van der Waals surface area contributed by atoms with E-state index in [9.17, 15) is 8.42 Å². The van der Waals surface area contributed by atoms with E-state index in [1.807, 2.05) is 0 Å². The summed E-state index contributed by atoms with van der Waals surface area (Å²) in [4.78, 5) is 8.06. The molecule has 0 radical (unpaired) electrons. The lowest BCUT2D eigenvalue weighted by atomic mass is 10.2. The third-order valence-corrected chi connectivity index (χ3v) is 5.07. The van der Waals surface area contributed by atoms with Crippen LogP contribution in [0.3, 0.4) is 0 Å². The van der Waals surface area contributed by atoms with Crippen LogP contribution in [-0.2, 0) is 9.84 Å².